The zero-order valence-electron chi connectivity index (χ0n) is 9.25. The smallest absolute Gasteiger partial charge is 0.219 e. The van der Waals surface area contributed by atoms with E-state index in [2.05, 4.69) is 11.8 Å². The van der Waals surface area contributed by atoms with Gasteiger partial charge in [0.2, 0.25) is 5.91 Å². The second-order valence-corrected chi connectivity index (χ2v) is 4.81. The van der Waals surface area contributed by atoms with E-state index in [-0.39, 0.29) is 5.91 Å². The van der Waals surface area contributed by atoms with E-state index in [1.54, 1.807) is 6.92 Å². The summed E-state index contributed by atoms with van der Waals surface area (Å²) < 4.78 is 0. The van der Waals surface area contributed by atoms with Gasteiger partial charge >= 0.3 is 0 Å². The van der Waals surface area contributed by atoms with Gasteiger partial charge in [-0.2, -0.15) is 0 Å². The molecule has 2 fully saturated rings. The molecular weight excluding hydrogens is 176 g/mol. The van der Waals surface area contributed by atoms with Crippen molar-refractivity contribution in [3.05, 3.63) is 0 Å². The molecule has 2 saturated heterocycles. The Morgan fingerprint density at radius 1 is 1.29 bits per heavy atom. The molecule has 0 unspecified atom stereocenters. The first kappa shape index (κ1) is 9.97. The summed E-state index contributed by atoms with van der Waals surface area (Å²) in [6, 6.07) is 0. The fraction of sp³-hybridized carbons (Fsp3) is 0.909. The molecule has 0 radical (unpaired) electrons. The van der Waals surface area contributed by atoms with E-state index >= 15 is 0 Å². The van der Waals surface area contributed by atoms with Crippen LogP contribution in [-0.4, -0.2) is 48.4 Å². The van der Waals surface area contributed by atoms with Crippen LogP contribution in [0.15, 0.2) is 0 Å². The standard InChI is InChI=1S/C11H20N2O/c1-3-12-8-11(9-12)4-6-13(7-5-11)10(2)14/h3-9H2,1-2H3. The minimum Gasteiger partial charge on any atom is -0.343 e. The molecule has 2 rings (SSSR count). The largest absolute Gasteiger partial charge is 0.343 e. The molecule has 1 spiro atoms. The average Bonchev–Trinajstić information content (AvgIpc) is 2.14. The number of hydrogen-bond acceptors (Lipinski definition) is 2. The van der Waals surface area contributed by atoms with Crippen LogP contribution in [0, 0.1) is 5.41 Å². The van der Waals surface area contributed by atoms with Crippen LogP contribution in [0.25, 0.3) is 0 Å². The Balaban J connectivity index is 1.82. The lowest BCUT2D eigenvalue weighted by atomic mass is 9.72. The van der Waals surface area contributed by atoms with Crippen LogP contribution < -0.4 is 0 Å². The molecular formula is C11H20N2O. The van der Waals surface area contributed by atoms with Crippen LogP contribution in [0.2, 0.25) is 0 Å². The number of rotatable bonds is 1. The number of carbonyl (C=O) groups excluding carboxylic acids is 1. The summed E-state index contributed by atoms with van der Waals surface area (Å²) in [5.74, 6) is 0.242. The molecule has 0 aromatic heterocycles. The van der Waals surface area contributed by atoms with Crippen molar-refractivity contribution in [2.75, 3.05) is 32.7 Å². The van der Waals surface area contributed by atoms with Gasteiger partial charge in [-0.15, -0.1) is 0 Å². The predicted octanol–water partition coefficient (Wildman–Crippen LogP) is 0.951. The van der Waals surface area contributed by atoms with Crippen LogP contribution in [0.5, 0.6) is 0 Å². The summed E-state index contributed by atoms with van der Waals surface area (Å²) in [5, 5.41) is 0. The van der Waals surface area contributed by atoms with Crippen molar-refractivity contribution in [2.45, 2.75) is 26.7 Å². The van der Waals surface area contributed by atoms with Gasteiger partial charge in [-0.25, -0.2) is 0 Å². The van der Waals surface area contributed by atoms with E-state index in [0.717, 1.165) is 13.1 Å². The highest BCUT2D eigenvalue weighted by Gasteiger charge is 2.44. The Morgan fingerprint density at radius 2 is 1.86 bits per heavy atom. The van der Waals surface area contributed by atoms with Crippen molar-refractivity contribution >= 4 is 5.91 Å². The van der Waals surface area contributed by atoms with Crippen LogP contribution in [0.1, 0.15) is 26.7 Å². The van der Waals surface area contributed by atoms with Gasteiger partial charge in [-0.05, 0) is 24.8 Å². The Labute approximate surface area is 86.1 Å². The van der Waals surface area contributed by atoms with Crippen LogP contribution >= 0.6 is 0 Å². The number of piperidine rings is 1. The SMILES string of the molecule is CCN1CC2(CCN(C(C)=O)CC2)C1. The lowest BCUT2D eigenvalue weighted by Crippen LogP contribution is -2.60. The molecule has 3 heteroatoms. The van der Waals surface area contributed by atoms with Gasteiger partial charge in [-0.3, -0.25) is 4.79 Å². The average molecular weight is 196 g/mol. The zero-order valence-corrected chi connectivity index (χ0v) is 9.25. The third-order valence-corrected chi connectivity index (χ3v) is 3.83. The minimum atomic E-state index is 0.242. The van der Waals surface area contributed by atoms with Crippen molar-refractivity contribution in [3.63, 3.8) is 0 Å². The fourth-order valence-corrected chi connectivity index (χ4v) is 2.74. The monoisotopic (exact) mass is 196 g/mol. The summed E-state index contributed by atoms with van der Waals surface area (Å²) in [6.07, 6.45) is 2.42. The van der Waals surface area contributed by atoms with Gasteiger partial charge in [0.05, 0.1) is 0 Å². The third-order valence-electron chi connectivity index (χ3n) is 3.83. The Kier molecular flexibility index (Phi) is 2.52. The van der Waals surface area contributed by atoms with Crippen molar-refractivity contribution in [1.82, 2.24) is 9.80 Å². The summed E-state index contributed by atoms with van der Waals surface area (Å²) in [4.78, 5) is 15.6. The number of nitrogens with zero attached hydrogens (tertiary/aromatic N) is 2. The van der Waals surface area contributed by atoms with Gasteiger partial charge in [0.25, 0.3) is 0 Å². The quantitative estimate of drug-likeness (QED) is 0.623. The molecule has 2 heterocycles. The van der Waals surface area contributed by atoms with E-state index in [4.69, 9.17) is 0 Å². The normalized spacial score (nSPS) is 26.3. The van der Waals surface area contributed by atoms with Crippen molar-refractivity contribution in [3.8, 4) is 0 Å². The van der Waals surface area contributed by atoms with Crippen molar-refractivity contribution in [2.24, 2.45) is 5.41 Å². The maximum absolute atomic E-state index is 11.2. The molecule has 14 heavy (non-hydrogen) atoms. The lowest BCUT2D eigenvalue weighted by molar-refractivity contribution is -0.133. The van der Waals surface area contributed by atoms with Crippen LogP contribution in [0.4, 0.5) is 0 Å². The molecule has 3 nitrogen and oxygen atoms in total. The number of likely N-dealkylation sites (tertiary alicyclic amines) is 2. The van der Waals surface area contributed by atoms with Gasteiger partial charge in [-0.1, -0.05) is 6.92 Å². The molecule has 0 aromatic carbocycles. The maximum atomic E-state index is 11.2. The van der Waals surface area contributed by atoms with Crippen molar-refractivity contribution in [1.29, 1.82) is 0 Å². The summed E-state index contributed by atoms with van der Waals surface area (Å²) in [7, 11) is 0. The van der Waals surface area contributed by atoms with Gasteiger partial charge in [0.1, 0.15) is 0 Å². The zero-order chi connectivity index (χ0) is 10.2. The highest BCUT2D eigenvalue weighted by molar-refractivity contribution is 5.73. The molecule has 1 amide bonds. The minimum absolute atomic E-state index is 0.242. The molecule has 0 atom stereocenters. The second-order valence-electron chi connectivity index (χ2n) is 4.81. The fourth-order valence-electron chi connectivity index (χ4n) is 2.74. The number of carbonyl (C=O) groups is 1. The predicted molar refractivity (Wildman–Crippen MR) is 56.0 cm³/mol. The van der Waals surface area contributed by atoms with Gasteiger partial charge < -0.3 is 9.80 Å². The molecule has 0 aromatic rings. The van der Waals surface area contributed by atoms with E-state index in [1.165, 1.54) is 32.5 Å². The van der Waals surface area contributed by atoms with E-state index in [1.807, 2.05) is 4.90 Å². The third kappa shape index (κ3) is 1.65. The Hall–Kier alpha value is -0.570. The summed E-state index contributed by atoms with van der Waals surface area (Å²) in [5.41, 5.74) is 0.571. The highest BCUT2D eigenvalue weighted by atomic mass is 16.2. The van der Waals surface area contributed by atoms with E-state index < -0.39 is 0 Å². The van der Waals surface area contributed by atoms with Crippen LogP contribution in [-0.2, 0) is 4.79 Å². The molecule has 80 valence electrons. The summed E-state index contributed by atoms with van der Waals surface area (Å²) >= 11 is 0. The first-order valence-electron chi connectivity index (χ1n) is 5.63. The molecule has 0 bridgehead atoms. The van der Waals surface area contributed by atoms with E-state index in [0.29, 0.717) is 5.41 Å². The van der Waals surface area contributed by atoms with E-state index in [9.17, 15) is 4.79 Å². The molecule has 0 saturated carbocycles. The molecule has 2 aliphatic rings. The molecule has 2 aliphatic heterocycles. The number of amides is 1. The Bertz CT molecular complexity index is 223. The number of hydrogen-bond donors (Lipinski definition) is 0. The summed E-state index contributed by atoms with van der Waals surface area (Å²) in [6.45, 7) is 9.55. The van der Waals surface area contributed by atoms with Crippen LogP contribution in [0.3, 0.4) is 0 Å². The molecule has 0 aliphatic carbocycles. The lowest BCUT2D eigenvalue weighted by Gasteiger charge is -2.53. The van der Waals surface area contributed by atoms with Crippen molar-refractivity contribution < 1.29 is 4.79 Å². The molecule has 0 N–H and O–H groups in total. The first-order valence-corrected chi connectivity index (χ1v) is 5.63. The first-order chi connectivity index (χ1) is 6.65. The topological polar surface area (TPSA) is 23.6 Å². The second kappa shape index (κ2) is 3.54. The van der Waals surface area contributed by atoms with Gasteiger partial charge in [0.15, 0.2) is 0 Å². The maximum Gasteiger partial charge on any atom is 0.219 e. The van der Waals surface area contributed by atoms with Gasteiger partial charge in [0, 0.05) is 33.1 Å². The highest BCUT2D eigenvalue weighted by Crippen LogP contribution is 2.39. The Morgan fingerprint density at radius 3 is 2.29 bits per heavy atom.